The number of urea groups is 1. The van der Waals surface area contributed by atoms with E-state index in [0.717, 1.165) is 30.2 Å². The van der Waals surface area contributed by atoms with Gasteiger partial charge in [-0.2, -0.15) is 9.61 Å². The molecule has 1 aliphatic rings. The normalized spacial score (nSPS) is 18.6. The number of likely N-dealkylation sites (tertiary alicyclic amines) is 1. The Morgan fingerprint density at radius 3 is 2.64 bits per heavy atom. The molecule has 0 saturated carbocycles. The van der Waals surface area contributed by atoms with Crippen molar-refractivity contribution in [1.82, 2.24) is 24.8 Å². The molecule has 0 spiro atoms. The Morgan fingerprint density at radius 2 is 1.88 bits per heavy atom. The molecule has 0 bridgehead atoms. The van der Waals surface area contributed by atoms with Crippen molar-refractivity contribution >= 4 is 28.1 Å². The van der Waals surface area contributed by atoms with E-state index in [4.69, 9.17) is 9.72 Å². The number of nitrogens with one attached hydrogen (secondary N) is 2. The zero-order valence-corrected chi connectivity index (χ0v) is 19.2. The van der Waals surface area contributed by atoms with Crippen LogP contribution < -0.4 is 10.6 Å². The molecule has 1 aliphatic heterocycles. The predicted molar refractivity (Wildman–Crippen MR) is 130 cm³/mol. The van der Waals surface area contributed by atoms with Crippen molar-refractivity contribution < 1.29 is 9.53 Å². The van der Waals surface area contributed by atoms with E-state index in [1.807, 2.05) is 48.5 Å². The molecule has 5 rings (SSSR count). The number of anilines is 1. The highest BCUT2D eigenvalue weighted by Gasteiger charge is 2.35. The van der Waals surface area contributed by atoms with Gasteiger partial charge in [0.2, 0.25) is 4.96 Å². The molecular weight excluding hydrogens is 436 g/mol. The third-order valence-electron chi connectivity index (χ3n) is 5.98. The lowest BCUT2D eigenvalue weighted by molar-refractivity contribution is 0.159. The molecule has 3 heterocycles. The number of methoxy groups -OCH3 is 1. The summed E-state index contributed by atoms with van der Waals surface area (Å²) in [6.45, 7) is 3.13. The summed E-state index contributed by atoms with van der Waals surface area (Å²) in [6, 6.07) is 19.9. The molecule has 1 unspecified atom stereocenters. The maximum atomic E-state index is 13.2. The predicted octanol–water partition coefficient (Wildman–Crippen LogP) is 3.69. The highest BCUT2D eigenvalue weighted by atomic mass is 32.1. The van der Waals surface area contributed by atoms with Gasteiger partial charge in [0.05, 0.1) is 12.6 Å². The van der Waals surface area contributed by atoms with Crippen LogP contribution in [-0.2, 0) is 4.74 Å². The van der Waals surface area contributed by atoms with Crippen LogP contribution in [0, 0.1) is 0 Å². The highest BCUT2D eigenvalue weighted by molar-refractivity contribution is 7.14. The quantitative estimate of drug-likeness (QED) is 0.438. The average Bonchev–Trinajstić information content (AvgIpc) is 3.55. The van der Waals surface area contributed by atoms with E-state index in [-0.39, 0.29) is 18.0 Å². The topological polar surface area (TPSA) is 83.8 Å². The number of imidazole rings is 1. The molecule has 2 aromatic carbocycles. The summed E-state index contributed by atoms with van der Waals surface area (Å²) in [4.78, 5) is 20.9. The van der Waals surface area contributed by atoms with Crippen LogP contribution in [0.1, 0.15) is 11.5 Å². The van der Waals surface area contributed by atoms with E-state index in [1.165, 1.54) is 16.9 Å². The fourth-order valence-electron chi connectivity index (χ4n) is 4.39. The molecule has 170 valence electrons. The second-order valence-electron chi connectivity index (χ2n) is 8.08. The van der Waals surface area contributed by atoms with E-state index >= 15 is 0 Å². The fraction of sp³-hybridized carbons (Fsp3) is 0.292. The first-order valence-electron chi connectivity index (χ1n) is 10.9. The molecule has 8 nitrogen and oxygen atoms in total. The Labute approximate surface area is 196 Å². The Kier molecular flexibility index (Phi) is 6.34. The van der Waals surface area contributed by atoms with Crippen molar-refractivity contribution in [3.05, 3.63) is 71.7 Å². The SMILES string of the molecule is COCCN1CC(NC(=O)Nc2c(-c3ccccc3)nc3scnn23)[C@H](c2ccccc2)C1. The molecule has 2 aromatic heterocycles. The number of fused-ring (bicyclic) bond motifs is 1. The second-order valence-corrected chi connectivity index (χ2v) is 8.89. The van der Waals surface area contributed by atoms with Gasteiger partial charge in [-0.3, -0.25) is 10.2 Å². The van der Waals surface area contributed by atoms with Gasteiger partial charge in [0, 0.05) is 38.2 Å². The van der Waals surface area contributed by atoms with E-state index in [2.05, 4.69) is 32.8 Å². The molecule has 9 heteroatoms. The van der Waals surface area contributed by atoms with Gasteiger partial charge in [0.25, 0.3) is 0 Å². The highest BCUT2D eigenvalue weighted by Crippen LogP contribution is 2.30. The minimum Gasteiger partial charge on any atom is -0.383 e. The van der Waals surface area contributed by atoms with E-state index in [1.54, 1.807) is 17.1 Å². The summed E-state index contributed by atoms with van der Waals surface area (Å²) in [7, 11) is 1.71. The van der Waals surface area contributed by atoms with Crippen molar-refractivity contribution in [2.45, 2.75) is 12.0 Å². The summed E-state index contributed by atoms with van der Waals surface area (Å²) >= 11 is 1.43. The van der Waals surface area contributed by atoms with Gasteiger partial charge in [0.15, 0.2) is 5.82 Å². The lowest BCUT2D eigenvalue weighted by Crippen LogP contribution is -2.42. The number of aromatic nitrogens is 3. The molecule has 4 aromatic rings. The standard InChI is InChI=1S/C24H26N6O2S/c1-32-13-12-29-14-19(17-8-4-2-5-9-17)20(15-29)26-23(31)28-22-21(18-10-6-3-7-11-18)27-24-30(22)25-16-33-24/h2-11,16,19-20H,12-15H2,1H3,(H2,26,28,31)/t19-,20?/m0/s1. The van der Waals surface area contributed by atoms with Crippen molar-refractivity contribution in [2.24, 2.45) is 0 Å². The van der Waals surface area contributed by atoms with Gasteiger partial charge in [0.1, 0.15) is 11.2 Å². The monoisotopic (exact) mass is 462 g/mol. The van der Waals surface area contributed by atoms with Crippen LogP contribution in [0.4, 0.5) is 10.6 Å². The van der Waals surface area contributed by atoms with Gasteiger partial charge in [-0.05, 0) is 5.56 Å². The largest absolute Gasteiger partial charge is 0.383 e. The maximum Gasteiger partial charge on any atom is 0.320 e. The summed E-state index contributed by atoms with van der Waals surface area (Å²) in [5.74, 6) is 0.771. The number of rotatable bonds is 7. The molecule has 0 aliphatic carbocycles. The van der Waals surface area contributed by atoms with Crippen LogP contribution in [0.2, 0.25) is 0 Å². The number of carbonyl (C=O) groups is 1. The zero-order chi connectivity index (χ0) is 22.6. The van der Waals surface area contributed by atoms with Crippen LogP contribution in [-0.4, -0.2) is 64.9 Å². The number of hydrogen-bond donors (Lipinski definition) is 2. The van der Waals surface area contributed by atoms with Crippen LogP contribution in [0.5, 0.6) is 0 Å². The van der Waals surface area contributed by atoms with Crippen molar-refractivity contribution in [2.75, 3.05) is 38.7 Å². The lowest BCUT2D eigenvalue weighted by Gasteiger charge is -2.20. The maximum absolute atomic E-state index is 13.2. The zero-order valence-electron chi connectivity index (χ0n) is 18.3. The molecule has 1 fully saturated rings. The second kappa shape index (κ2) is 9.70. The Hall–Kier alpha value is -3.27. The fourth-order valence-corrected chi connectivity index (χ4v) is 5.01. The summed E-state index contributed by atoms with van der Waals surface area (Å²) in [5.41, 5.74) is 4.58. The molecule has 2 atom stereocenters. The minimum atomic E-state index is -0.262. The van der Waals surface area contributed by atoms with Crippen molar-refractivity contribution in [3.63, 3.8) is 0 Å². The number of benzene rings is 2. The Morgan fingerprint density at radius 1 is 1.12 bits per heavy atom. The minimum absolute atomic E-state index is 0.0247. The first-order valence-corrected chi connectivity index (χ1v) is 11.8. The van der Waals surface area contributed by atoms with Crippen LogP contribution in [0.25, 0.3) is 16.2 Å². The summed E-state index contributed by atoms with van der Waals surface area (Å²) in [6.07, 6.45) is 0. The smallest absolute Gasteiger partial charge is 0.320 e. The van der Waals surface area contributed by atoms with Gasteiger partial charge < -0.3 is 10.1 Å². The molecular formula is C24H26N6O2S. The average molecular weight is 463 g/mol. The molecule has 2 amide bonds. The van der Waals surface area contributed by atoms with Gasteiger partial charge in [-0.1, -0.05) is 72.0 Å². The number of carbonyl (C=O) groups excluding carboxylic acids is 1. The molecule has 1 saturated heterocycles. The first-order chi connectivity index (χ1) is 16.2. The third-order valence-corrected chi connectivity index (χ3v) is 6.65. The Bertz CT molecular complexity index is 1210. The van der Waals surface area contributed by atoms with Gasteiger partial charge >= 0.3 is 6.03 Å². The molecule has 0 radical (unpaired) electrons. The van der Waals surface area contributed by atoms with Crippen molar-refractivity contribution in [3.8, 4) is 11.3 Å². The number of hydrogen-bond acceptors (Lipinski definition) is 6. The number of ether oxygens (including phenoxy) is 1. The third kappa shape index (κ3) is 4.61. The lowest BCUT2D eigenvalue weighted by atomic mass is 9.94. The first kappa shape index (κ1) is 21.6. The summed E-state index contributed by atoms with van der Waals surface area (Å²) < 4.78 is 6.94. The van der Waals surface area contributed by atoms with Crippen molar-refractivity contribution in [1.29, 1.82) is 0 Å². The van der Waals surface area contributed by atoms with E-state index in [9.17, 15) is 4.79 Å². The summed E-state index contributed by atoms with van der Waals surface area (Å²) in [5, 5.41) is 10.6. The molecule has 2 N–H and O–H groups in total. The van der Waals surface area contributed by atoms with Gasteiger partial charge in [-0.15, -0.1) is 0 Å². The van der Waals surface area contributed by atoms with E-state index < -0.39 is 0 Å². The van der Waals surface area contributed by atoms with Crippen LogP contribution >= 0.6 is 11.3 Å². The van der Waals surface area contributed by atoms with Crippen LogP contribution in [0.3, 0.4) is 0 Å². The van der Waals surface area contributed by atoms with Gasteiger partial charge in [-0.25, -0.2) is 9.78 Å². The van der Waals surface area contributed by atoms with E-state index in [0.29, 0.717) is 18.1 Å². The van der Waals surface area contributed by atoms with Crippen LogP contribution in [0.15, 0.2) is 66.2 Å². The Balaban J connectivity index is 1.37. The number of nitrogens with zero attached hydrogens (tertiary/aromatic N) is 4. The number of amides is 2. The molecule has 33 heavy (non-hydrogen) atoms.